The topological polar surface area (TPSA) is 47.1 Å². The Bertz CT molecular complexity index is 764. The highest BCUT2D eigenvalue weighted by Gasteiger charge is 2.08. The molecule has 0 aliphatic rings. The molecule has 108 valence electrons. The van der Waals surface area contributed by atoms with Crippen LogP contribution in [0.15, 0.2) is 36.8 Å². The lowest BCUT2D eigenvalue weighted by Crippen LogP contribution is -1.97. The van der Waals surface area contributed by atoms with E-state index < -0.39 is 0 Å². The maximum atomic E-state index is 5.62. The minimum absolute atomic E-state index is 0.505. The second-order valence-corrected chi connectivity index (χ2v) is 5.10. The van der Waals surface area contributed by atoms with Crippen molar-refractivity contribution in [2.45, 2.75) is 20.5 Å². The number of nitrogens with zero attached hydrogens (tertiary/aromatic N) is 1. The number of aromatic amines is 1. The molecule has 0 amide bonds. The van der Waals surface area contributed by atoms with Crippen molar-refractivity contribution in [3.63, 3.8) is 0 Å². The highest BCUT2D eigenvalue weighted by molar-refractivity contribution is 5.89. The quantitative estimate of drug-likeness (QED) is 0.792. The largest absolute Gasteiger partial charge is 0.496 e. The minimum Gasteiger partial charge on any atom is -0.496 e. The summed E-state index contributed by atoms with van der Waals surface area (Å²) in [6.45, 7) is 4.66. The van der Waals surface area contributed by atoms with Gasteiger partial charge in [0.05, 0.1) is 19.6 Å². The molecule has 3 rings (SSSR count). The molecule has 0 saturated heterocycles. The van der Waals surface area contributed by atoms with Crippen LogP contribution in [0.3, 0.4) is 0 Å². The zero-order valence-electron chi connectivity index (χ0n) is 12.4. The molecule has 1 N–H and O–H groups in total. The molecule has 0 saturated carbocycles. The van der Waals surface area contributed by atoms with Crippen LogP contribution in [0.25, 0.3) is 10.8 Å². The second kappa shape index (κ2) is 5.48. The van der Waals surface area contributed by atoms with Crippen molar-refractivity contribution in [1.29, 1.82) is 0 Å². The number of imidazole rings is 1. The number of hydrogen-bond donors (Lipinski definition) is 1. The first-order valence-electron chi connectivity index (χ1n) is 6.87. The molecule has 0 aliphatic heterocycles. The summed E-state index contributed by atoms with van der Waals surface area (Å²) in [4.78, 5) is 6.92. The van der Waals surface area contributed by atoms with Gasteiger partial charge in [0.2, 0.25) is 5.88 Å². The number of nitrogens with one attached hydrogen (secondary N) is 1. The van der Waals surface area contributed by atoms with Crippen molar-refractivity contribution in [1.82, 2.24) is 9.97 Å². The molecule has 0 aliphatic carbocycles. The molecule has 1 aromatic heterocycles. The van der Waals surface area contributed by atoms with Crippen LogP contribution < -0.4 is 9.47 Å². The zero-order valence-corrected chi connectivity index (χ0v) is 12.4. The Kier molecular flexibility index (Phi) is 3.52. The molecule has 0 bridgehead atoms. The van der Waals surface area contributed by atoms with Gasteiger partial charge in [-0.25, -0.2) is 4.98 Å². The monoisotopic (exact) mass is 282 g/mol. The Balaban J connectivity index is 1.93. The van der Waals surface area contributed by atoms with Crippen LogP contribution in [0.5, 0.6) is 11.6 Å². The zero-order chi connectivity index (χ0) is 14.8. The Labute approximate surface area is 123 Å². The Hall–Kier alpha value is -2.49. The number of rotatable bonds is 4. The average Bonchev–Trinajstić information content (AvgIpc) is 2.98. The molecule has 0 radical (unpaired) electrons. The third-order valence-electron chi connectivity index (χ3n) is 3.65. The first kappa shape index (κ1) is 13.5. The molecule has 3 aromatic rings. The third kappa shape index (κ3) is 2.57. The second-order valence-electron chi connectivity index (χ2n) is 5.10. The van der Waals surface area contributed by atoms with E-state index in [1.807, 2.05) is 0 Å². The third-order valence-corrected chi connectivity index (χ3v) is 3.65. The molecular weight excluding hydrogens is 264 g/mol. The summed E-state index contributed by atoms with van der Waals surface area (Å²) >= 11 is 0. The summed E-state index contributed by atoms with van der Waals surface area (Å²) in [5.74, 6) is 1.57. The van der Waals surface area contributed by atoms with E-state index in [0.29, 0.717) is 12.5 Å². The Morgan fingerprint density at radius 1 is 1.19 bits per heavy atom. The van der Waals surface area contributed by atoms with Crippen molar-refractivity contribution in [2.24, 2.45) is 0 Å². The highest BCUT2D eigenvalue weighted by atomic mass is 16.5. The number of fused-ring (bicyclic) bond motifs is 1. The summed E-state index contributed by atoms with van der Waals surface area (Å²) in [6.07, 6.45) is 3.34. The molecule has 4 nitrogen and oxygen atoms in total. The molecule has 1 heterocycles. The van der Waals surface area contributed by atoms with E-state index in [0.717, 1.165) is 16.9 Å². The normalized spacial score (nSPS) is 10.8. The molecular formula is C17H18N2O2. The van der Waals surface area contributed by atoms with Gasteiger partial charge in [0.15, 0.2) is 0 Å². The first-order chi connectivity index (χ1) is 10.2. The fourth-order valence-corrected chi connectivity index (χ4v) is 2.68. The molecule has 0 atom stereocenters. The summed E-state index contributed by atoms with van der Waals surface area (Å²) in [5, 5.41) is 2.41. The van der Waals surface area contributed by atoms with Crippen LogP contribution in [-0.2, 0) is 6.61 Å². The number of benzene rings is 2. The lowest BCUT2D eigenvalue weighted by atomic mass is 9.99. The smallest absolute Gasteiger partial charge is 0.231 e. The summed E-state index contributed by atoms with van der Waals surface area (Å²) in [7, 11) is 1.72. The molecule has 0 spiro atoms. The predicted octanol–water partition coefficient (Wildman–Crippen LogP) is 3.77. The van der Waals surface area contributed by atoms with Crippen molar-refractivity contribution in [2.75, 3.05) is 7.11 Å². The molecule has 0 unspecified atom stereocenters. The fourth-order valence-electron chi connectivity index (χ4n) is 2.68. The van der Waals surface area contributed by atoms with E-state index in [2.05, 4.69) is 48.1 Å². The molecule has 21 heavy (non-hydrogen) atoms. The van der Waals surface area contributed by atoms with Crippen LogP contribution in [0.4, 0.5) is 0 Å². The average molecular weight is 282 g/mol. The maximum absolute atomic E-state index is 5.62. The van der Waals surface area contributed by atoms with Gasteiger partial charge in [-0.1, -0.05) is 12.1 Å². The van der Waals surface area contributed by atoms with E-state index in [1.165, 1.54) is 16.3 Å². The van der Waals surface area contributed by atoms with Crippen LogP contribution in [-0.4, -0.2) is 17.1 Å². The summed E-state index contributed by atoms with van der Waals surface area (Å²) < 4.78 is 11.1. The first-order valence-corrected chi connectivity index (χ1v) is 6.87. The van der Waals surface area contributed by atoms with Gasteiger partial charge in [-0.2, -0.15) is 0 Å². The van der Waals surface area contributed by atoms with Gasteiger partial charge < -0.3 is 14.5 Å². The van der Waals surface area contributed by atoms with Gasteiger partial charge in [0, 0.05) is 0 Å². The summed E-state index contributed by atoms with van der Waals surface area (Å²) in [6, 6.07) is 8.51. The van der Waals surface area contributed by atoms with E-state index >= 15 is 0 Å². The van der Waals surface area contributed by atoms with Gasteiger partial charge in [0.1, 0.15) is 12.4 Å². The van der Waals surface area contributed by atoms with Crippen LogP contribution in [0.2, 0.25) is 0 Å². The Morgan fingerprint density at radius 2 is 2.05 bits per heavy atom. The number of aromatic nitrogens is 2. The van der Waals surface area contributed by atoms with Crippen molar-refractivity contribution in [3.8, 4) is 11.6 Å². The number of hydrogen-bond acceptors (Lipinski definition) is 3. The van der Waals surface area contributed by atoms with Crippen molar-refractivity contribution >= 4 is 10.8 Å². The number of H-pyrrole nitrogens is 1. The van der Waals surface area contributed by atoms with Gasteiger partial charge in [-0.05, 0) is 53.4 Å². The van der Waals surface area contributed by atoms with E-state index in [-0.39, 0.29) is 0 Å². The van der Waals surface area contributed by atoms with Crippen LogP contribution >= 0.6 is 0 Å². The molecule has 0 fully saturated rings. The van der Waals surface area contributed by atoms with Crippen LogP contribution in [0, 0.1) is 13.8 Å². The SMILES string of the molecule is COc1c(C)cc2cc(COc3c[nH]cn3)ccc2c1C. The minimum atomic E-state index is 0.505. The number of methoxy groups -OCH3 is 1. The van der Waals surface area contributed by atoms with Gasteiger partial charge in [-0.15, -0.1) is 0 Å². The van der Waals surface area contributed by atoms with E-state index in [1.54, 1.807) is 19.6 Å². The van der Waals surface area contributed by atoms with Crippen molar-refractivity contribution in [3.05, 3.63) is 53.5 Å². The number of ether oxygens (including phenoxy) is 2. The lowest BCUT2D eigenvalue weighted by molar-refractivity contribution is 0.295. The van der Waals surface area contributed by atoms with Gasteiger partial charge in [-0.3, -0.25) is 0 Å². The molecule has 4 heteroatoms. The Morgan fingerprint density at radius 3 is 2.76 bits per heavy atom. The lowest BCUT2D eigenvalue weighted by Gasteiger charge is -2.13. The van der Waals surface area contributed by atoms with Gasteiger partial charge in [0.25, 0.3) is 0 Å². The fraction of sp³-hybridized carbons (Fsp3) is 0.235. The maximum Gasteiger partial charge on any atom is 0.231 e. The highest BCUT2D eigenvalue weighted by Crippen LogP contribution is 2.31. The predicted molar refractivity (Wildman–Crippen MR) is 82.9 cm³/mol. The standard InChI is InChI=1S/C17H18N2O2/c1-11-6-14-7-13(9-21-16-8-18-10-19-16)4-5-15(14)12(2)17(11)20-3/h4-8,10H,9H2,1-3H3,(H,18,19). The van der Waals surface area contributed by atoms with Gasteiger partial charge >= 0.3 is 0 Å². The van der Waals surface area contributed by atoms with Crippen LogP contribution in [0.1, 0.15) is 16.7 Å². The van der Waals surface area contributed by atoms with Crippen molar-refractivity contribution < 1.29 is 9.47 Å². The molecule has 2 aromatic carbocycles. The van der Waals surface area contributed by atoms with E-state index in [9.17, 15) is 0 Å². The number of aryl methyl sites for hydroxylation is 2. The summed E-state index contributed by atoms with van der Waals surface area (Å²) in [5.41, 5.74) is 3.44. The van der Waals surface area contributed by atoms with E-state index in [4.69, 9.17) is 9.47 Å².